The highest BCUT2D eigenvalue weighted by Gasteiger charge is 2.35. The standard InChI is InChI=1S/C19H25N5O2/c1-26-18-5-3-2-4-14(18)12-23(15-6-7-15)19(25)17-13-24(22-21-17)16-8-10-20-11-9-16/h2-5,13,15-16,20H,6-12H2,1H3. The van der Waals surface area contributed by atoms with E-state index >= 15 is 0 Å². The Morgan fingerprint density at radius 3 is 2.77 bits per heavy atom. The number of hydrogen-bond acceptors (Lipinski definition) is 5. The molecule has 7 nitrogen and oxygen atoms in total. The Kier molecular flexibility index (Phi) is 4.88. The molecule has 0 bridgehead atoms. The van der Waals surface area contributed by atoms with Crippen LogP contribution in [0, 0.1) is 0 Å². The van der Waals surface area contributed by atoms with Crippen molar-refractivity contribution in [3.05, 3.63) is 41.7 Å². The summed E-state index contributed by atoms with van der Waals surface area (Å²) in [5.41, 5.74) is 1.45. The molecule has 0 unspecified atom stereocenters. The number of benzene rings is 1. The van der Waals surface area contributed by atoms with E-state index in [1.54, 1.807) is 7.11 Å². The molecule has 1 saturated carbocycles. The molecule has 1 amide bonds. The average molecular weight is 355 g/mol. The van der Waals surface area contributed by atoms with Crippen LogP contribution in [0.5, 0.6) is 5.75 Å². The molecule has 0 atom stereocenters. The molecule has 2 fully saturated rings. The van der Waals surface area contributed by atoms with Crippen LogP contribution in [0.4, 0.5) is 0 Å². The minimum absolute atomic E-state index is 0.0430. The molecule has 138 valence electrons. The van der Waals surface area contributed by atoms with Gasteiger partial charge in [-0.1, -0.05) is 23.4 Å². The van der Waals surface area contributed by atoms with E-state index in [4.69, 9.17) is 4.74 Å². The van der Waals surface area contributed by atoms with Gasteiger partial charge in [0.15, 0.2) is 5.69 Å². The van der Waals surface area contributed by atoms with Gasteiger partial charge in [0.2, 0.25) is 0 Å². The largest absolute Gasteiger partial charge is 0.496 e. The molecule has 1 N–H and O–H groups in total. The quantitative estimate of drug-likeness (QED) is 0.858. The van der Waals surface area contributed by atoms with Crippen molar-refractivity contribution in [1.82, 2.24) is 25.2 Å². The van der Waals surface area contributed by atoms with Crippen molar-refractivity contribution in [1.29, 1.82) is 0 Å². The fourth-order valence-corrected chi connectivity index (χ4v) is 3.54. The maximum absolute atomic E-state index is 13.1. The summed E-state index contributed by atoms with van der Waals surface area (Å²) in [6.07, 6.45) is 5.94. The molecule has 2 aromatic rings. The molecular formula is C19H25N5O2. The van der Waals surface area contributed by atoms with Gasteiger partial charge in [-0.05, 0) is 44.8 Å². The SMILES string of the molecule is COc1ccccc1CN(C(=O)c1cn(C2CCNCC2)nn1)C1CC1. The zero-order valence-corrected chi connectivity index (χ0v) is 15.1. The van der Waals surface area contributed by atoms with Crippen LogP contribution in [0.1, 0.15) is 47.8 Å². The number of nitrogens with one attached hydrogen (secondary N) is 1. The van der Waals surface area contributed by atoms with Gasteiger partial charge in [-0.2, -0.15) is 0 Å². The Morgan fingerprint density at radius 2 is 2.04 bits per heavy atom. The molecule has 0 radical (unpaired) electrons. The molecule has 26 heavy (non-hydrogen) atoms. The van der Waals surface area contributed by atoms with Crippen LogP contribution in [-0.4, -0.2) is 52.0 Å². The van der Waals surface area contributed by atoms with Crippen molar-refractivity contribution in [3.63, 3.8) is 0 Å². The minimum Gasteiger partial charge on any atom is -0.496 e. The van der Waals surface area contributed by atoms with E-state index in [0.717, 1.165) is 50.1 Å². The van der Waals surface area contributed by atoms with Gasteiger partial charge in [-0.25, -0.2) is 4.68 Å². The van der Waals surface area contributed by atoms with Crippen LogP contribution in [-0.2, 0) is 6.54 Å². The highest BCUT2D eigenvalue weighted by Crippen LogP contribution is 2.31. The number of hydrogen-bond donors (Lipinski definition) is 1. The summed E-state index contributed by atoms with van der Waals surface area (Å²) in [4.78, 5) is 15.0. The number of rotatable bonds is 6. The molecular weight excluding hydrogens is 330 g/mol. The van der Waals surface area contributed by atoms with Gasteiger partial charge in [-0.15, -0.1) is 5.10 Å². The number of methoxy groups -OCH3 is 1. The van der Waals surface area contributed by atoms with Crippen LogP contribution in [0.2, 0.25) is 0 Å². The van der Waals surface area contributed by atoms with Crippen molar-refractivity contribution >= 4 is 5.91 Å². The summed E-state index contributed by atoms with van der Waals surface area (Å²) < 4.78 is 7.30. The number of piperidine rings is 1. The molecule has 1 aliphatic heterocycles. The topological polar surface area (TPSA) is 72.3 Å². The van der Waals surface area contributed by atoms with E-state index in [1.165, 1.54) is 0 Å². The molecule has 2 heterocycles. The summed E-state index contributed by atoms with van der Waals surface area (Å²) in [5.74, 6) is 0.767. The highest BCUT2D eigenvalue weighted by molar-refractivity contribution is 5.92. The second-order valence-electron chi connectivity index (χ2n) is 7.04. The Morgan fingerprint density at radius 1 is 1.27 bits per heavy atom. The first kappa shape index (κ1) is 17.0. The summed E-state index contributed by atoms with van der Waals surface area (Å²) in [6, 6.07) is 8.47. The van der Waals surface area contributed by atoms with Gasteiger partial charge in [0.05, 0.1) is 19.3 Å². The third-order valence-corrected chi connectivity index (χ3v) is 5.19. The molecule has 2 aliphatic rings. The predicted octanol–water partition coefficient (Wildman–Crippen LogP) is 2.02. The highest BCUT2D eigenvalue weighted by atomic mass is 16.5. The van der Waals surface area contributed by atoms with Gasteiger partial charge >= 0.3 is 0 Å². The number of para-hydroxylation sites is 1. The first-order valence-electron chi connectivity index (χ1n) is 9.31. The van der Waals surface area contributed by atoms with E-state index < -0.39 is 0 Å². The van der Waals surface area contributed by atoms with Gasteiger partial charge < -0.3 is 15.0 Å². The number of ether oxygens (including phenoxy) is 1. The first-order chi connectivity index (χ1) is 12.8. The fourth-order valence-electron chi connectivity index (χ4n) is 3.54. The lowest BCUT2D eigenvalue weighted by Gasteiger charge is -2.23. The third kappa shape index (κ3) is 3.58. The number of carbonyl (C=O) groups is 1. The Balaban J connectivity index is 1.52. The fraction of sp³-hybridized carbons (Fsp3) is 0.526. The van der Waals surface area contributed by atoms with Crippen molar-refractivity contribution in [2.24, 2.45) is 0 Å². The van der Waals surface area contributed by atoms with Crippen LogP contribution in [0.3, 0.4) is 0 Å². The lowest BCUT2D eigenvalue weighted by Crippen LogP contribution is -2.33. The van der Waals surface area contributed by atoms with Crippen LogP contribution >= 0.6 is 0 Å². The van der Waals surface area contributed by atoms with E-state index in [-0.39, 0.29) is 11.9 Å². The van der Waals surface area contributed by atoms with E-state index in [1.807, 2.05) is 40.0 Å². The smallest absolute Gasteiger partial charge is 0.276 e. The Bertz CT molecular complexity index is 765. The van der Waals surface area contributed by atoms with Gasteiger partial charge in [-0.3, -0.25) is 4.79 Å². The summed E-state index contributed by atoms with van der Waals surface area (Å²) in [6.45, 7) is 2.50. The molecule has 1 aromatic heterocycles. The predicted molar refractivity (Wildman–Crippen MR) is 97.1 cm³/mol. The second kappa shape index (κ2) is 7.45. The lowest BCUT2D eigenvalue weighted by molar-refractivity contribution is 0.0722. The lowest BCUT2D eigenvalue weighted by atomic mass is 10.1. The maximum Gasteiger partial charge on any atom is 0.276 e. The monoisotopic (exact) mass is 355 g/mol. The van der Waals surface area contributed by atoms with E-state index in [2.05, 4.69) is 15.6 Å². The van der Waals surface area contributed by atoms with Crippen molar-refractivity contribution in [3.8, 4) is 5.75 Å². The van der Waals surface area contributed by atoms with Gasteiger partial charge in [0.1, 0.15) is 5.75 Å². The van der Waals surface area contributed by atoms with Crippen molar-refractivity contribution in [2.75, 3.05) is 20.2 Å². The Hall–Kier alpha value is -2.41. The average Bonchev–Trinajstić information content (AvgIpc) is 3.42. The van der Waals surface area contributed by atoms with Crippen molar-refractivity contribution in [2.45, 2.75) is 44.3 Å². The van der Waals surface area contributed by atoms with Crippen LogP contribution in [0.25, 0.3) is 0 Å². The van der Waals surface area contributed by atoms with Crippen LogP contribution in [0.15, 0.2) is 30.5 Å². The Labute approximate surface area is 153 Å². The number of amides is 1. The van der Waals surface area contributed by atoms with E-state index in [0.29, 0.717) is 18.3 Å². The maximum atomic E-state index is 13.1. The molecule has 0 spiro atoms. The molecule has 1 saturated heterocycles. The summed E-state index contributed by atoms with van der Waals surface area (Å²) >= 11 is 0. The molecule has 7 heteroatoms. The van der Waals surface area contributed by atoms with Gasteiger partial charge in [0.25, 0.3) is 5.91 Å². The summed E-state index contributed by atoms with van der Waals surface area (Å²) in [7, 11) is 1.66. The number of carbonyl (C=O) groups excluding carboxylic acids is 1. The minimum atomic E-state index is -0.0430. The second-order valence-corrected chi connectivity index (χ2v) is 7.04. The summed E-state index contributed by atoms with van der Waals surface area (Å²) in [5, 5.41) is 11.8. The normalized spacial score (nSPS) is 17.9. The molecule has 1 aliphatic carbocycles. The number of aromatic nitrogens is 3. The first-order valence-corrected chi connectivity index (χ1v) is 9.31. The van der Waals surface area contributed by atoms with Gasteiger partial charge in [0, 0.05) is 18.2 Å². The van der Waals surface area contributed by atoms with E-state index in [9.17, 15) is 4.79 Å². The zero-order chi connectivity index (χ0) is 17.9. The third-order valence-electron chi connectivity index (χ3n) is 5.19. The van der Waals surface area contributed by atoms with Crippen LogP contribution < -0.4 is 10.1 Å². The van der Waals surface area contributed by atoms with Crippen molar-refractivity contribution < 1.29 is 9.53 Å². The number of nitrogens with zero attached hydrogens (tertiary/aromatic N) is 4. The molecule has 4 rings (SSSR count). The molecule has 1 aromatic carbocycles. The zero-order valence-electron chi connectivity index (χ0n) is 15.1.